The number of rotatable bonds is 2. The summed E-state index contributed by atoms with van der Waals surface area (Å²) in [6, 6.07) is 3.46. The molecule has 0 bridgehead atoms. The Labute approximate surface area is 77.1 Å². The average molecular weight is 177 g/mol. The van der Waals surface area contributed by atoms with E-state index in [1.54, 1.807) is 18.3 Å². The van der Waals surface area contributed by atoms with Crippen molar-refractivity contribution in [3.8, 4) is 11.8 Å². The van der Waals surface area contributed by atoms with E-state index in [0.717, 1.165) is 5.56 Å². The second-order valence-corrected chi connectivity index (χ2v) is 2.48. The van der Waals surface area contributed by atoms with E-state index in [-0.39, 0.29) is 13.2 Å². The van der Waals surface area contributed by atoms with E-state index in [0.29, 0.717) is 12.1 Å². The first-order chi connectivity index (χ1) is 6.36. The zero-order valence-electron chi connectivity index (χ0n) is 7.20. The number of hydrogen-bond acceptors (Lipinski definition) is 3. The molecule has 3 nitrogen and oxygen atoms in total. The van der Waals surface area contributed by atoms with Crippen LogP contribution in [0.15, 0.2) is 18.3 Å². The van der Waals surface area contributed by atoms with Crippen molar-refractivity contribution >= 4 is 0 Å². The molecule has 0 fully saturated rings. The third kappa shape index (κ3) is 3.24. The lowest BCUT2D eigenvalue weighted by atomic mass is 10.2. The highest BCUT2D eigenvalue weighted by Crippen LogP contribution is 1.99. The van der Waals surface area contributed by atoms with Gasteiger partial charge >= 0.3 is 0 Å². The Balaban J connectivity index is 2.73. The molecule has 0 amide bonds. The van der Waals surface area contributed by atoms with E-state index in [1.807, 2.05) is 0 Å². The molecular formula is C10H11NO2. The Morgan fingerprint density at radius 2 is 2.23 bits per heavy atom. The summed E-state index contributed by atoms with van der Waals surface area (Å²) < 4.78 is 0. The average Bonchev–Trinajstić information content (AvgIpc) is 2.19. The molecule has 0 aromatic carbocycles. The molecule has 2 N–H and O–H groups in total. The van der Waals surface area contributed by atoms with Gasteiger partial charge in [-0.2, -0.15) is 0 Å². The van der Waals surface area contributed by atoms with Gasteiger partial charge in [-0.05, 0) is 23.6 Å². The summed E-state index contributed by atoms with van der Waals surface area (Å²) >= 11 is 0. The van der Waals surface area contributed by atoms with Crippen LogP contribution in [0.4, 0.5) is 0 Å². The molecule has 0 aliphatic carbocycles. The van der Waals surface area contributed by atoms with Crippen molar-refractivity contribution in [3.05, 3.63) is 29.6 Å². The molecule has 1 aromatic heterocycles. The minimum atomic E-state index is -0.00278. The number of aliphatic hydroxyl groups excluding tert-OH is 2. The van der Waals surface area contributed by atoms with E-state index in [9.17, 15) is 0 Å². The van der Waals surface area contributed by atoms with Crippen molar-refractivity contribution in [2.75, 3.05) is 6.61 Å². The van der Waals surface area contributed by atoms with Gasteiger partial charge in [-0.25, -0.2) is 4.98 Å². The Kier molecular flexibility index (Phi) is 3.97. The molecule has 3 heteroatoms. The van der Waals surface area contributed by atoms with Gasteiger partial charge in [0.1, 0.15) is 5.69 Å². The van der Waals surface area contributed by atoms with Crippen molar-refractivity contribution in [1.82, 2.24) is 4.98 Å². The molecule has 0 radical (unpaired) electrons. The Hall–Kier alpha value is -1.37. The second-order valence-electron chi connectivity index (χ2n) is 2.48. The molecule has 0 atom stereocenters. The van der Waals surface area contributed by atoms with Crippen LogP contribution >= 0.6 is 0 Å². The van der Waals surface area contributed by atoms with Crippen molar-refractivity contribution < 1.29 is 10.2 Å². The van der Waals surface area contributed by atoms with Gasteiger partial charge in [0.15, 0.2) is 0 Å². The summed E-state index contributed by atoms with van der Waals surface area (Å²) in [7, 11) is 0. The number of hydrogen-bond donors (Lipinski definition) is 2. The fourth-order valence-electron chi connectivity index (χ4n) is 0.850. The first kappa shape index (κ1) is 9.72. The standard InChI is InChI=1S/C10H11NO2/c12-6-2-1-3-10-7-9(8-13)4-5-11-10/h4-5,7,12-13H,2,6,8H2. The molecule has 1 rings (SSSR count). The van der Waals surface area contributed by atoms with Gasteiger partial charge in [-0.3, -0.25) is 0 Å². The van der Waals surface area contributed by atoms with Gasteiger partial charge in [-0.1, -0.05) is 5.92 Å². The molecule has 0 spiro atoms. The fourth-order valence-corrected chi connectivity index (χ4v) is 0.850. The summed E-state index contributed by atoms with van der Waals surface area (Å²) in [5, 5.41) is 17.3. The van der Waals surface area contributed by atoms with E-state index in [2.05, 4.69) is 16.8 Å². The number of nitrogens with zero attached hydrogens (tertiary/aromatic N) is 1. The van der Waals surface area contributed by atoms with Gasteiger partial charge in [0, 0.05) is 12.6 Å². The lowest BCUT2D eigenvalue weighted by Gasteiger charge is -1.94. The molecule has 1 aromatic rings. The SMILES string of the molecule is OCCC#Cc1cc(CO)ccn1. The zero-order valence-corrected chi connectivity index (χ0v) is 7.20. The number of aliphatic hydroxyl groups is 2. The summed E-state index contributed by atoms with van der Waals surface area (Å²) in [6.45, 7) is 0.0594. The number of aromatic nitrogens is 1. The second kappa shape index (κ2) is 5.31. The summed E-state index contributed by atoms with van der Waals surface area (Å²) in [4.78, 5) is 3.99. The van der Waals surface area contributed by atoms with Gasteiger partial charge in [0.2, 0.25) is 0 Å². The fraction of sp³-hybridized carbons (Fsp3) is 0.300. The highest BCUT2D eigenvalue weighted by molar-refractivity contribution is 5.30. The number of pyridine rings is 1. The van der Waals surface area contributed by atoms with E-state index in [1.165, 1.54) is 0 Å². The minimum Gasteiger partial charge on any atom is -0.395 e. The molecule has 0 unspecified atom stereocenters. The van der Waals surface area contributed by atoms with Gasteiger partial charge in [0.25, 0.3) is 0 Å². The van der Waals surface area contributed by atoms with Crippen LogP contribution in [-0.2, 0) is 6.61 Å². The van der Waals surface area contributed by atoms with Crippen molar-refractivity contribution in [2.24, 2.45) is 0 Å². The minimum absolute atomic E-state index is 0.00278. The van der Waals surface area contributed by atoms with Crippen molar-refractivity contribution in [3.63, 3.8) is 0 Å². The highest BCUT2D eigenvalue weighted by atomic mass is 16.3. The first-order valence-corrected chi connectivity index (χ1v) is 4.02. The van der Waals surface area contributed by atoms with Crippen LogP contribution in [0.25, 0.3) is 0 Å². The first-order valence-electron chi connectivity index (χ1n) is 4.02. The normalized spacial score (nSPS) is 9.08. The van der Waals surface area contributed by atoms with Crippen LogP contribution in [-0.4, -0.2) is 21.8 Å². The third-order valence-corrected chi connectivity index (χ3v) is 1.46. The molecule has 0 saturated heterocycles. The van der Waals surface area contributed by atoms with Crippen LogP contribution in [0.2, 0.25) is 0 Å². The molecule has 0 aliphatic rings. The lowest BCUT2D eigenvalue weighted by Crippen LogP contribution is -1.87. The molecule has 0 aliphatic heterocycles. The van der Waals surface area contributed by atoms with E-state index in [4.69, 9.17) is 10.2 Å². The highest BCUT2D eigenvalue weighted by Gasteiger charge is 1.91. The van der Waals surface area contributed by atoms with Gasteiger partial charge in [-0.15, -0.1) is 0 Å². The lowest BCUT2D eigenvalue weighted by molar-refractivity contribution is 0.281. The molecule has 68 valence electrons. The summed E-state index contributed by atoms with van der Waals surface area (Å²) in [5.74, 6) is 5.55. The van der Waals surface area contributed by atoms with Gasteiger partial charge in [0.05, 0.1) is 13.2 Å². The maximum atomic E-state index is 8.82. The van der Waals surface area contributed by atoms with Gasteiger partial charge < -0.3 is 10.2 Å². The van der Waals surface area contributed by atoms with Crippen LogP contribution in [0.5, 0.6) is 0 Å². The molecule has 1 heterocycles. The van der Waals surface area contributed by atoms with E-state index < -0.39 is 0 Å². The summed E-state index contributed by atoms with van der Waals surface area (Å²) in [5.41, 5.74) is 1.42. The van der Waals surface area contributed by atoms with E-state index >= 15 is 0 Å². The maximum absolute atomic E-state index is 8.82. The maximum Gasteiger partial charge on any atom is 0.113 e. The quantitative estimate of drug-likeness (QED) is 0.639. The molecule has 13 heavy (non-hydrogen) atoms. The summed E-state index contributed by atoms with van der Waals surface area (Å²) in [6.07, 6.45) is 2.06. The zero-order chi connectivity index (χ0) is 9.52. The van der Waals surface area contributed by atoms with Crippen LogP contribution in [0, 0.1) is 11.8 Å². The smallest absolute Gasteiger partial charge is 0.113 e. The van der Waals surface area contributed by atoms with Crippen LogP contribution < -0.4 is 0 Å². The molecule has 0 saturated carbocycles. The Morgan fingerprint density at radius 1 is 1.38 bits per heavy atom. The predicted molar refractivity (Wildman–Crippen MR) is 48.7 cm³/mol. The van der Waals surface area contributed by atoms with Crippen LogP contribution in [0.3, 0.4) is 0 Å². The third-order valence-electron chi connectivity index (χ3n) is 1.46. The Morgan fingerprint density at radius 3 is 2.92 bits per heavy atom. The monoisotopic (exact) mass is 177 g/mol. The van der Waals surface area contributed by atoms with Crippen LogP contribution in [0.1, 0.15) is 17.7 Å². The van der Waals surface area contributed by atoms with Crippen molar-refractivity contribution in [1.29, 1.82) is 0 Å². The largest absolute Gasteiger partial charge is 0.395 e. The molecular weight excluding hydrogens is 166 g/mol. The Bertz CT molecular complexity index is 325. The topological polar surface area (TPSA) is 53.4 Å². The van der Waals surface area contributed by atoms with Crippen molar-refractivity contribution in [2.45, 2.75) is 13.0 Å². The predicted octanol–water partition coefficient (Wildman–Crippen LogP) is 0.308.